The minimum Gasteiger partial charge on any atom is -0.455 e. The van der Waals surface area contributed by atoms with Gasteiger partial charge in [-0.05, 0) is 80.3 Å². The molecule has 4 aromatic rings. The molecule has 0 atom stereocenters. The Hall–Kier alpha value is -4.26. The van der Waals surface area contributed by atoms with E-state index < -0.39 is 0 Å². The Morgan fingerprint density at radius 2 is 1.94 bits per heavy atom. The molecule has 7 nitrogen and oxygen atoms in total. The van der Waals surface area contributed by atoms with Gasteiger partial charge >= 0.3 is 0 Å². The average Bonchev–Trinajstić information content (AvgIpc) is 3.71. The first-order chi connectivity index (χ1) is 17.0. The number of aromatic nitrogens is 3. The van der Waals surface area contributed by atoms with Gasteiger partial charge in [-0.25, -0.2) is 9.97 Å². The zero-order valence-electron chi connectivity index (χ0n) is 19.8. The summed E-state index contributed by atoms with van der Waals surface area (Å²) in [4.78, 5) is 24.9. The van der Waals surface area contributed by atoms with E-state index in [1.165, 1.54) is 0 Å². The molecule has 2 aromatic heterocycles. The highest BCUT2D eigenvalue weighted by molar-refractivity contribution is 5.92. The topological polar surface area (TPSA) is 89.0 Å². The second-order valence-electron chi connectivity index (χ2n) is 8.76. The molecule has 0 radical (unpaired) electrons. The maximum atomic E-state index is 11.8. The van der Waals surface area contributed by atoms with Crippen molar-refractivity contribution in [3.63, 3.8) is 0 Å². The van der Waals surface area contributed by atoms with Gasteiger partial charge in [0.1, 0.15) is 23.6 Å². The van der Waals surface area contributed by atoms with Crippen LogP contribution in [0.15, 0.2) is 67.1 Å². The molecule has 35 heavy (non-hydrogen) atoms. The Labute approximate surface area is 204 Å². The average molecular weight is 466 g/mol. The summed E-state index contributed by atoms with van der Waals surface area (Å²) >= 11 is 0. The van der Waals surface area contributed by atoms with Crippen molar-refractivity contribution >= 4 is 34.4 Å². The van der Waals surface area contributed by atoms with E-state index in [9.17, 15) is 4.79 Å². The van der Waals surface area contributed by atoms with E-state index in [1.54, 1.807) is 12.5 Å². The molecule has 0 spiro atoms. The van der Waals surface area contributed by atoms with Crippen LogP contribution < -0.4 is 15.4 Å². The molecular weight excluding hydrogens is 438 g/mol. The fourth-order valence-corrected chi connectivity index (χ4v) is 3.74. The number of carbonyl (C=O) groups excluding carboxylic acids is 1. The van der Waals surface area contributed by atoms with E-state index in [4.69, 9.17) is 4.74 Å². The lowest BCUT2D eigenvalue weighted by Gasteiger charge is -2.12. The summed E-state index contributed by atoms with van der Waals surface area (Å²) in [6.45, 7) is 4.47. The smallest absolute Gasteiger partial charge is 0.223 e. The number of nitrogens with zero attached hydrogens (tertiary/aromatic N) is 3. The minimum absolute atomic E-state index is 0.148. The van der Waals surface area contributed by atoms with Crippen molar-refractivity contribution in [2.45, 2.75) is 26.7 Å². The Balaban J connectivity index is 1.30. The van der Waals surface area contributed by atoms with Gasteiger partial charge in [0, 0.05) is 29.2 Å². The predicted molar refractivity (Wildman–Crippen MR) is 138 cm³/mol. The predicted octanol–water partition coefficient (Wildman–Crippen LogP) is 5.72. The second-order valence-corrected chi connectivity index (χ2v) is 8.76. The molecule has 1 aliphatic rings. The molecule has 1 saturated carbocycles. The van der Waals surface area contributed by atoms with E-state index in [-0.39, 0.29) is 11.8 Å². The maximum absolute atomic E-state index is 11.8. The summed E-state index contributed by atoms with van der Waals surface area (Å²) in [5.41, 5.74) is 4.71. The molecule has 1 fully saturated rings. The Morgan fingerprint density at radius 1 is 1.06 bits per heavy atom. The van der Waals surface area contributed by atoms with E-state index in [0.717, 1.165) is 57.8 Å². The van der Waals surface area contributed by atoms with Gasteiger partial charge in [0.25, 0.3) is 0 Å². The largest absolute Gasteiger partial charge is 0.455 e. The molecule has 2 heterocycles. The molecule has 0 bridgehead atoms. The van der Waals surface area contributed by atoms with Crippen LogP contribution in [0.5, 0.6) is 11.5 Å². The van der Waals surface area contributed by atoms with Crippen LogP contribution in [-0.4, -0.2) is 27.4 Å². The molecule has 5 rings (SSSR count). The van der Waals surface area contributed by atoms with Crippen LogP contribution in [0.1, 0.15) is 29.7 Å². The van der Waals surface area contributed by atoms with Gasteiger partial charge in [0.2, 0.25) is 5.91 Å². The van der Waals surface area contributed by atoms with Gasteiger partial charge in [-0.2, -0.15) is 0 Å². The van der Waals surface area contributed by atoms with E-state index in [2.05, 4.69) is 25.6 Å². The highest BCUT2D eigenvalue weighted by Gasteiger charge is 2.28. The number of carbonyl (C=O) groups is 1. The van der Waals surface area contributed by atoms with Crippen LogP contribution >= 0.6 is 0 Å². The van der Waals surface area contributed by atoms with Crippen LogP contribution in [0.3, 0.4) is 0 Å². The van der Waals surface area contributed by atoms with Crippen molar-refractivity contribution in [1.82, 2.24) is 20.3 Å². The van der Waals surface area contributed by atoms with E-state index >= 15 is 0 Å². The van der Waals surface area contributed by atoms with Gasteiger partial charge in [0.15, 0.2) is 0 Å². The standard InChI is InChI=1S/C28H27N5O2/c1-18-14-22(9-12-26(18)35-23-10-5-19(2)30-16-23)33-27-24-15-20(6-11-25(24)31-17-32-27)4-3-13-29-28(34)21-7-8-21/h3-6,9-12,14-17,21H,7-8,13H2,1-2H3,(H,29,34)(H,31,32,33)/b4-3+. The number of aryl methyl sites for hydroxylation is 2. The fraction of sp³-hybridized carbons (Fsp3) is 0.214. The fourth-order valence-electron chi connectivity index (χ4n) is 3.74. The Morgan fingerprint density at radius 3 is 2.71 bits per heavy atom. The third-order valence-corrected chi connectivity index (χ3v) is 5.86. The summed E-state index contributed by atoms with van der Waals surface area (Å²) in [5.74, 6) is 2.57. The molecular formula is C28H27N5O2. The van der Waals surface area contributed by atoms with Crippen LogP contribution in [0, 0.1) is 19.8 Å². The third kappa shape index (κ3) is 5.63. The number of anilines is 2. The number of benzene rings is 2. The molecule has 1 aliphatic carbocycles. The van der Waals surface area contributed by atoms with Crippen LogP contribution in [-0.2, 0) is 4.79 Å². The first-order valence-corrected chi connectivity index (χ1v) is 11.7. The highest BCUT2D eigenvalue weighted by atomic mass is 16.5. The van der Waals surface area contributed by atoms with Crippen molar-refractivity contribution < 1.29 is 9.53 Å². The summed E-state index contributed by atoms with van der Waals surface area (Å²) in [6, 6.07) is 15.8. The second kappa shape index (κ2) is 9.93. The van der Waals surface area contributed by atoms with E-state index in [0.29, 0.717) is 12.3 Å². The number of nitrogens with one attached hydrogen (secondary N) is 2. The van der Waals surface area contributed by atoms with Crippen molar-refractivity contribution in [3.05, 3.63) is 84.0 Å². The van der Waals surface area contributed by atoms with Crippen LogP contribution in [0.2, 0.25) is 0 Å². The van der Waals surface area contributed by atoms with Gasteiger partial charge < -0.3 is 15.4 Å². The van der Waals surface area contributed by atoms with Crippen molar-refractivity contribution in [3.8, 4) is 11.5 Å². The van der Waals surface area contributed by atoms with Crippen molar-refractivity contribution in [2.24, 2.45) is 5.92 Å². The molecule has 176 valence electrons. The molecule has 2 aromatic carbocycles. The first kappa shape index (κ1) is 22.5. The first-order valence-electron chi connectivity index (χ1n) is 11.7. The number of fused-ring (bicyclic) bond motifs is 1. The quantitative estimate of drug-likeness (QED) is 0.346. The zero-order valence-corrected chi connectivity index (χ0v) is 19.8. The molecule has 2 N–H and O–H groups in total. The molecule has 7 heteroatoms. The lowest BCUT2D eigenvalue weighted by molar-refractivity contribution is -0.122. The lowest BCUT2D eigenvalue weighted by Crippen LogP contribution is -2.24. The zero-order chi connectivity index (χ0) is 24.2. The van der Waals surface area contributed by atoms with Gasteiger partial charge in [-0.15, -0.1) is 0 Å². The van der Waals surface area contributed by atoms with Crippen molar-refractivity contribution in [2.75, 3.05) is 11.9 Å². The monoisotopic (exact) mass is 465 g/mol. The number of pyridine rings is 1. The summed E-state index contributed by atoms with van der Waals surface area (Å²) in [5, 5.41) is 7.28. The SMILES string of the molecule is Cc1ccc(Oc2ccc(Nc3ncnc4ccc(/C=C/CNC(=O)C5CC5)cc34)cc2C)cn1. The molecule has 0 aliphatic heterocycles. The number of amides is 1. The van der Waals surface area contributed by atoms with Crippen LogP contribution in [0.4, 0.5) is 11.5 Å². The van der Waals surface area contributed by atoms with Gasteiger partial charge in [-0.1, -0.05) is 18.2 Å². The Kier molecular flexibility index (Phi) is 6.39. The number of ether oxygens (including phenoxy) is 1. The molecule has 0 saturated heterocycles. The van der Waals surface area contributed by atoms with Gasteiger partial charge in [0.05, 0.1) is 11.7 Å². The van der Waals surface area contributed by atoms with Crippen LogP contribution in [0.25, 0.3) is 17.0 Å². The maximum Gasteiger partial charge on any atom is 0.223 e. The third-order valence-electron chi connectivity index (χ3n) is 5.86. The van der Waals surface area contributed by atoms with Gasteiger partial charge in [-0.3, -0.25) is 9.78 Å². The normalized spacial score (nSPS) is 13.2. The molecule has 1 amide bonds. The van der Waals surface area contributed by atoms with Crippen molar-refractivity contribution in [1.29, 1.82) is 0 Å². The number of rotatable bonds is 8. The highest BCUT2D eigenvalue weighted by Crippen LogP contribution is 2.30. The van der Waals surface area contributed by atoms with E-state index in [1.807, 2.05) is 74.5 Å². The number of hydrogen-bond acceptors (Lipinski definition) is 6. The number of hydrogen-bond donors (Lipinski definition) is 2. The Bertz CT molecular complexity index is 1390. The summed E-state index contributed by atoms with van der Waals surface area (Å²) in [6.07, 6.45) is 9.26. The molecule has 0 unspecified atom stereocenters. The summed E-state index contributed by atoms with van der Waals surface area (Å²) < 4.78 is 5.98. The summed E-state index contributed by atoms with van der Waals surface area (Å²) in [7, 11) is 0. The minimum atomic E-state index is 0.148. The lowest BCUT2D eigenvalue weighted by atomic mass is 10.1.